The molecule has 0 saturated carbocycles. The van der Waals surface area contributed by atoms with E-state index in [9.17, 15) is 0 Å². The highest BCUT2D eigenvalue weighted by molar-refractivity contribution is 6.76. The van der Waals surface area contributed by atoms with E-state index in [4.69, 9.17) is 15.2 Å². The maximum atomic E-state index is 5.82. The van der Waals surface area contributed by atoms with Gasteiger partial charge in [0.25, 0.3) is 0 Å². The normalized spacial score (nSPS) is 11.7. The number of aryl methyl sites for hydroxylation is 1. The molecule has 23 heavy (non-hydrogen) atoms. The lowest BCUT2D eigenvalue weighted by Crippen LogP contribution is -2.22. The zero-order valence-corrected chi connectivity index (χ0v) is 15.7. The first kappa shape index (κ1) is 17.6. The van der Waals surface area contributed by atoms with Crippen molar-refractivity contribution >= 4 is 13.8 Å². The number of nitrogens with zero attached hydrogens (tertiary/aromatic N) is 2. The molecule has 0 amide bonds. The Hall–Kier alpha value is -1.79. The van der Waals surface area contributed by atoms with Gasteiger partial charge in [-0.2, -0.15) is 5.10 Å². The molecule has 2 N–H and O–H groups in total. The second kappa shape index (κ2) is 7.19. The number of hydrogen-bond donors (Lipinski definition) is 1. The fraction of sp³-hybridized carbons (Fsp3) is 0.471. The quantitative estimate of drug-likeness (QED) is 0.476. The van der Waals surface area contributed by atoms with E-state index in [1.165, 1.54) is 0 Å². The molecule has 5 nitrogen and oxygen atoms in total. The van der Waals surface area contributed by atoms with Gasteiger partial charge in [0, 0.05) is 43.8 Å². The van der Waals surface area contributed by atoms with Crippen molar-refractivity contribution < 1.29 is 9.47 Å². The number of rotatable bonds is 7. The molecule has 126 valence electrons. The molecule has 1 aromatic heterocycles. The summed E-state index contributed by atoms with van der Waals surface area (Å²) < 4.78 is 13.0. The zero-order valence-electron chi connectivity index (χ0n) is 14.7. The van der Waals surface area contributed by atoms with E-state index in [1.807, 2.05) is 36.0 Å². The predicted octanol–water partition coefficient (Wildman–Crippen LogP) is 3.76. The third kappa shape index (κ3) is 4.84. The minimum absolute atomic E-state index is 0.475. The van der Waals surface area contributed by atoms with Gasteiger partial charge in [-0.05, 0) is 25.1 Å². The van der Waals surface area contributed by atoms with Crippen molar-refractivity contribution in [2.45, 2.75) is 39.3 Å². The lowest BCUT2D eigenvalue weighted by atomic mass is 10.1. The van der Waals surface area contributed by atoms with Crippen LogP contribution in [0.25, 0.3) is 11.1 Å². The molecule has 0 unspecified atom stereocenters. The largest absolute Gasteiger partial charge is 0.496 e. The first-order chi connectivity index (χ1) is 10.8. The predicted molar refractivity (Wildman–Crippen MR) is 97.5 cm³/mol. The van der Waals surface area contributed by atoms with Gasteiger partial charge in [-0.15, -0.1) is 0 Å². The molecule has 6 heteroatoms. The highest BCUT2D eigenvalue weighted by atomic mass is 28.3. The van der Waals surface area contributed by atoms with Crippen LogP contribution >= 0.6 is 0 Å². The molecule has 0 radical (unpaired) electrons. The summed E-state index contributed by atoms with van der Waals surface area (Å²) >= 11 is 0. The maximum Gasteiger partial charge on any atom is 0.139 e. The standard InChI is InChI=1S/C17H27N3O2Si/c1-13-16(15-7-6-14(18)10-17(15)21-2)11-20(19-13)12-22-8-9-23(3,4)5/h6-7,10-11H,8-9,12,18H2,1-5H3. The highest BCUT2D eigenvalue weighted by Gasteiger charge is 2.14. The van der Waals surface area contributed by atoms with Crippen LogP contribution in [0.15, 0.2) is 24.4 Å². The molecule has 0 bridgehead atoms. The first-order valence-corrected chi connectivity index (χ1v) is 11.6. The molecule has 0 atom stereocenters. The lowest BCUT2D eigenvalue weighted by Gasteiger charge is -2.15. The second-order valence-corrected chi connectivity index (χ2v) is 12.6. The van der Waals surface area contributed by atoms with Crippen molar-refractivity contribution in [2.24, 2.45) is 0 Å². The van der Waals surface area contributed by atoms with E-state index in [-0.39, 0.29) is 0 Å². The topological polar surface area (TPSA) is 62.3 Å². The molecule has 0 fully saturated rings. The number of aromatic nitrogens is 2. The van der Waals surface area contributed by atoms with E-state index in [2.05, 4.69) is 24.7 Å². The minimum atomic E-state index is -1.05. The maximum absolute atomic E-state index is 5.82. The highest BCUT2D eigenvalue weighted by Crippen LogP contribution is 2.33. The number of methoxy groups -OCH3 is 1. The monoisotopic (exact) mass is 333 g/mol. The summed E-state index contributed by atoms with van der Waals surface area (Å²) in [6.45, 7) is 10.3. The molecule has 0 saturated heterocycles. The van der Waals surface area contributed by atoms with Gasteiger partial charge in [0.2, 0.25) is 0 Å². The van der Waals surface area contributed by atoms with Gasteiger partial charge in [-0.3, -0.25) is 0 Å². The van der Waals surface area contributed by atoms with Crippen LogP contribution in [0, 0.1) is 6.92 Å². The average molecular weight is 334 g/mol. The van der Waals surface area contributed by atoms with Crippen LogP contribution < -0.4 is 10.5 Å². The van der Waals surface area contributed by atoms with Crippen molar-refractivity contribution in [1.29, 1.82) is 0 Å². The van der Waals surface area contributed by atoms with Crippen LogP contribution in [-0.2, 0) is 11.5 Å². The van der Waals surface area contributed by atoms with Crippen LogP contribution in [0.3, 0.4) is 0 Å². The molecule has 0 aliphatic carbocycles. The van der Waals surface area contributed by atoms with E-state index >= 15 is 0 Å². The number of benzene rings is 1. The molecule has 2 rings (SSSR count). The number of anilines is 1. The van der Waals surface area contributed by atoms with Crippen molar-refractivity contribution in [2.75, 3.05) is 19.5 Å². The first-order valence-electron chi connectivity index (χ1n) is 7.86. The molecule has 0 spiro atoms. The molecular formula is C17H27N3O2Si. The zero-order chi connectivity index (χ0) is 17.0. The molecule has 0 aliphatic heterocycles. The van der Waals surface area contributed by atoms with Crippen LogP contribution in [0.4, 0.5) is 5.69 Å². The summed E-state index contributed by atoms with van der Waals surface area (Å²) in [5, 5.41) is 4.54. The second-order valence-electron chi connectivity index (χ2n) is 6.98. The SMILES string of the molecule is COc1cc(N)ccc1-c1cn(COCC[Si](C)(C)C)nc1C. The number of ether oxygens (including phenoxy) is 2. The molecule has 1 heterocycles. The summed E-state index contributed by atoms with van der Waals surface area (Å²) in [6.07, 6.45) is 2.00. The number of nitrogen functional groups attached to an aromatic ring is 1. The van der Waals surface area contributed by atoms with Gasteiger partial charge in [-0.1, -0.05) is 19.6 Å². The lowest BCUT2D eigenvalue weighted by molar-refractivity contribution is 0.0784. The third-order valence-electron chi connectivity index (χ3n) is 3.68. The Morgan fingerprint density at radius 3 is 2.61 bits per heavy atom. The van der Waals surface area contributed by atoms with Crippen molar-refractivity contribution in [3.05, 3.63) is 30.1 Å². The van der Waals surface area contributed by atoms with Crippen LogP contribution in [-0.4, -0.2) is 31.6 Å². The number of nitrogens with two attached hydrogens (primary N) is 1. The van der Waals surface area contributed by atoms with Gasteiger partial charge < -0.3 is 15.2 Å². The smallest absolute Gasteiger partial charge is 0.139 e. The summed E-state index contributed by atoms with van der Waals surface area (Å²) in [5.74, 6) is 0.757. The summed E-state index contributed by atoms with van der Waals surface area (Å²) in [7, 11) is 0.596. The van der Waals surface area contributed by atoms with Crippen molar-refractivity contribution in [1.82, 2.24) is 9.78 Å². The summed E-state index contributed by atoms with van der Waals surface area (Å²) in [6, 6.07) is 6.83. The van der Waals surface area contributed by atoms with Gasteiger partial charge in [0.15, 0.2) is 0 Å². The fourth-order valence-corrected chi connectivity index (χ4v) is 3.07. The van der Waals surface area contributed by atoms with Gasteiger partial charge in [0.1, 0.15) is 12.5 Å². The van der Waals surface area contributed by atoms with Crippen molar-refractivity contribution in [3.8, 4) is 16.9 Å². The third-order valence-corrected chi connectivity index (χ3v) is 5.39. The Balaban J connectivity index is 2.09. The Kier molecular flexibility index (Phi) is 5.49. The Morgan fingerprint density at radius 2 is 1.96 bits per heavy atom. The Morgan fingerprint density at radius 1 is 1.22 bits per heavy atom. The Bertz CT molecular complexity index is 662. The fourth-order valence-electron chi connectivity index (χ4n) is 2.32. The molecule has 2 aromatic rings. The van der Waals surface area contributed by atoms with Gasteiger partial charge >= 0.3 is 0 Å². The van der Waals surface area contributed by atoms with E-state index in [0.29, 0.717) is 12.4 Å². The van der Waals surface area contributed by atoms with Crippen molar-refractivity contribution in [3.63, 3.8) is 0 Å². The minimum Gasteiger partial charge on any atom is -0.496 e. The Labute approximate surface area is 139 Å². The van der Waals surface area contributed by atoms with Gasteiger partial charge in [-0.25, -0.2) is 4.68 Å². The summed E-state index contributed by atoms with van der Waals surface area (Å²) in [4.78, 5) is 0. The molecular weight excluding hydrogens is 306 g/mol. The average Bonchev–Trinajstić information content (AvgIpc) is 2.83. The van der Waals surface area contributed by atoms with Crippen LogP contribution in [0.5, 0.6) is 5.75 Å². The molecule has 0 aliphatic rings. The van der Waals surface area contributed by atoms with E-state index < -0.39 is 8.07 Å². The van der Waals surface area contributed by atoms with E-state index in [1.54, 1.807) is 7.11 Å². The van der Waals surface area contributed by atoms with E-state index in [0.717, 1.165) is 35.2 Å². The van der Waals surface area contributed by atoms with Crippen LogP contribution in [0.1, 0.15) is 5.69 Å². The molecule has 1 aromatic carbocycles. The van der Waals surface area contributed by atoms with Gasteiger partial charge in [0.05, 0.1) is 12.8 Å². The number of hydrogen-bond acceptors (Lipinski definition) is 4. The summed E-state index contributed by atoms with van der Waals surface area (Å²) in [5.41, 5.74) is 9.49. The van der Waals surface area contributed by atoms with Crippen LogP contribution in [0.2, 0.25) is 25.7 Å².